The number of sulfonamides is 1. The number of ether oxygens (including phenoxy) is 1. The van der Waals surface area contributed by atoms with Crippen molar-refractivity contribution in [3.05, 3.63) is 24.0 Å². The zero-order chi connectivity index (χ0) is 17.8. The quantitative estimate of drug-likeness (QED) is 0.757. The van der Waals surface area contributed by atoms with Crippen molar-refractivity contribution in [3.63, 3.8) is 0 Å². The standard InChI is InChI=1S/C16H24N4O3S/c1-16(2,13-20-7-9-23-10-8-20)12-19(3)24(21,22)15-5-4-6-18-14(15)11-17/h4-6H,7-10,12-13H2,1-3H3. The minimum Gasteiger partial charge on any atom is -0.379 e. The first-order valence-electron chi connectivity index (χ1n) is 7.88. The summed E-state index contributed by atoms with van der Waals surface area (Å²) in [5.74, 6) is 0. The predicted molar refractivity (Wildman–Crippen MR) is 89.8 cm³/mol. The van der Waals surface area contributed by atoms with Gasteiger partial charge in [-0.15, -0.1) is 0 Å². The lowest BCUT2D eigenvalue weighted by Gasteiger charge is -2.36. The Morgan fingerprint density at radius 2 is 2.08 bits per heavy atom. The summed E-state index contributed by atoms with van der Waals surface area (Å²) in [6.07, 6.45) is 1.42. The topological polar surface area (TPSA) is 86.5 Å². The van der Waals surface area contributed by atoms with Crippen LogP contribution in [0.25, 0.3) is 0 Å². The molecule has 0 spiro atoms. The molecule has 1 aromatic heterocycles. The Kier molecular flexibility index (Phi) is 5.93. The van der Waals surface area contributed by atoms with Gasteiger partial charge in [-0.05, 0) is 17.5 Å². The molecule has 0 saturated carbocycles. The van der Waals surface area contributed by atoms with Crippen LogP contribution < -0.4 is 0 Å². The van der Waals surface area contributed by atoms with Crippen molar-refractivity contribution >= 4 is 10.0 Å². The first-order chi connectivity index (χ1) is 11.3. The van der Waals surface area contributed by atoms with E-state index in [0.717, 1.165) is 19.6 Å². The number of pyridine rings is 1. The van der Waals surface area contributed by atoms with Gasteiger partial charge in [0.25, 0.3) is 0 Å². The molecule has 0 amide bonds. The van der Waals surface area contributed by atoms with Gasteiger partial charge in [0.2, 0.25) is 10.0 Å². The third kappa shape index (κ3) is 4.51. The lowest BCUT2D eigenvalue weighted by Crippen LogP contribution is -2.46. The van der Waals surface area contributed by atoms with E-state index < -0.39 is 10.0 Å². The number of nitriles is 1. The Morgan fingerprint density at radius 3 is 2.71 bits per heavy atom. The molecule has 0 bridgehead atoms. The molecule has 0 aromatic carbocycles. The van der Waals surface area contributed by atoms with E-state index in [0.29, 0.717) is 19.8 Å². The largest absolute Gasteiger partial charge is 0.379 e. The van der Waals surface area contributed by atoms with Crippen LogP contribution in [0.3, 0.4) is 0 Å². The summed E-state index contributed by atoms with van der Waals surface area (Å²) in [6, 6.07) is 4.80. The summed E-state index contributed by atoms with van der Waals surface area (Å²) < 4.78 is 32.2. The fourth-order valence-corrected chi connectivity index (χ4v) is 4.40. The minimum atomic E-state index is -3.75. The van der Waals surface area contributed by atoms with Gasteiger partial charge in [-0.25, -0.2) is 17.7 Å². The molecule has 1 aliphatic rings. The zero-order valence-electron chi connectivity index (χ0n) is 14.4. The van der Waals surface area contributed by atoms with E-state index in [2.05, 4.69) is 9.88 Å². The van der Waals surface area contributed by atoms with E-state index in [1.165, 1.54) is 22.6 Å². The molecule has 2 heterocycles. The molecular formula is C16H24N4O3S. The number of hydrogen-bond acceptors (Lipinski definition) is 6. The number of hydrogen-bond donors (Lipinski definition) is 0. The fourth-order valence-electron chi connectivity index (χ4n) is 2.95. The highest BCUT2D eigenvalue weighted by molar-refractivity contribution is 7.89. The highest BCUT2D eigenvalue weighted by Crippen LogP contribution is 2.24. The van der Waals surface area contributed by atoms with Crippen molar-refractivity contribution < 1.29 is 13.2 Å². The Bertz CT molecular complexity index is 706. The molecule has 1 aliphatic heterocycles. The molecule has 0 unspecified atom stereocenters. The third-order valence-corrected chi connectivity index (χ3v) is 5.81. The molecule has 0 atom stereocenters. The average Bonchev–Trinajstić information content (AvgIpc) is 2.54. The van der Waals surface area contributed by atoms with Crippen LogP contribution >= 0.6 is 0 Å². The van der Waals surface area contributed by atoms with Crippen LogP contribution in [0.2, 0.25) is 0 Å². The molecular weight excluding hydrogens is 328 g/mol. The van der Waals surface area contributed by atoms with Gasteiger partial charge in [0.15, 0.2) is 5.69 Å². The molecule has 0 N–H and O–H groups in total. The van der Waals surface area contributed by atoms with Crippen LogP contribution in [-0.2, 0) is 14.8 Å². The highest BCUT2D eigenvalue weighted by atomic mass is 32.2. The van der Waals surface area contributed by atoms with Gasteiger partial charge in [-0.3, -0.25) is 4.90 Å². The number of morpholine rings is 1. The predicted octanol–water partition coefficient (Wildman–Crippen LogP) is 0.932. The number of aromatic nitrogens is 1. The van der Waals surface area contributed by atoms with Gasteiger partial charge >= 0.3 is 0 Å². The average molecular weight is 352 g/mol. The van der Waals surface area contributed by atoms with Crippen molar-refractivity contribution in [2.45, 2.75) is 18.7 Å². The van der Waals surface area contributed by atoms with Gasteiger partial charge in [-0.2, -0.15) is 5.26 Å². The summed E-state index contributed by atoms with van der Waals surface area (Å²) in [6.45, 7) is 8.38. The number of nitrogens with zero attached hydrogens (tertiary/aromatic N) is 4. The molecule has 2 rings (SSSR count). The summed E-state index contributed by atoms with van der Waals surface area (Å²) in [4.78, 5) is 6.09. The molecule has 0 radical (unpaired) electrons. The lowest BCUT2D eigenvalue weighted by atomic mass is 9.92. The van der Waals surface area contributed by atoms with Crippen LogP contribution in [0.15, 0.2) is 23.2 Å². The van der Waals surface area contributed by atoms with Gasteiger partial charge in [0.05, 0.1) is 13.2 Å². The fraction of sp³-hybridized carbons (Fsp3) is 0.625. The number of rotatable bonds is 6. The molecule has 132 valence electrons. The molecule has 24 heavy (non-hydrogen) atoms. The second-order valence-electron chi connectivity index (χ2n) is 6.78. The second-order valence-corrected chi connectivity index (χ2v) is 8.79. The first-order valence-corrected chi connectivity index (χ1v) is 9.32. The van der Waals surface area contributed by atoms with Gasteiger partial charge in [0.1, 0.15) is 11.0 Å². The maximum Gasteiger partial charge on any atom is 0.245 e. The molecule has 7 nitrogen and oxygen atoms in total. The van der Waals surface area contributed by atoms with Crippen molar-refractivity contribution in [1.82, 2.24) is 14.2 Å². The van der Waals surface area contributed by atoms with Crippen molar-refractivity contribution in [1.29, 1.82) is 5.26 Å². The Morgan fingerprint density at radius 1 is 1.42 bits per heavy atom. The van der Waals surface area contributed by atoms with Crippen LogP contribution in [0.5, 0.6) is 0 Å². The highest BCUT2D eigenvalue weighted by Gasteiger charge is 2.31. The summed E-state index contributed by atoms with van der Waals surface area (Å²) in [7, 11) is -2.20. The first kappa shape index (κ1) is 18.8. The van der Waals surface area contributed by atoms with Gasteiger partial charge in [0, 0.05) is 39.4 Å². The van der Waals surface area contributed by atoms with E-state index in [9.17, 15) is 8.42 Å². The summed E-state index contributed by atoms with van der Waals surface area (Å²) >= 11 is 0. The maximum atomic E-state index is 12.8. The van der Waals surface area contributed by atoms with Gasteiger partial charge in [-0.1, -0.05) is 13.8 Å². The van der Waals surface area contributed by atoms with Crippen LogP contribution in [0.1, 0.15) is 19.5 Å². The van der Waals surface area contributed by atoms with E-state index in [-0.39, 0.29) is 16.0 Å². The normalized spacial score (nSPS) is 17.0. The smallest absolute Gasteiger partial charge is 0.245 e. The zero-order valence-corrected chi connectivity index (χ0v) is 15.2. The molecule has 1 saturated heterocycles. The van der Waals surface area contributed by atoms with Crippen LogP contribution in [0.4, 0.5) is 0 Å². The summed E-state index contributed by atoms with van der Waals surface area (Å²) in [5.41, 5.74) is -0.302. The molecule has 1 aromatic rings. The molecule has 8 heteroatoms. The summed E-state index contributed by atoms with van der Waals surface area (Å²) in [5, 5.41) is 9.10. The van der Waals surface area contributed by atoms with E-state index in [4.69, 9.17) is 10.00 Å². The Hall–Kier alpha value is -1.53. The van der Waals surface area contributed by atoms with E-state index in [1.807, 2.05) is 19.9 Å². The van der Waals surface area contributed by atoms with Crippen molar-refractivity contribution in [3.8, 4) is 6.07 Å². The minimum absolute atomic E-state index is 0.0443. The molecule has 0 aliphatic carbocycles. The molecule has 1 fully saturated rings. The Balaban J connectivity index is 2.12. The lowest BCUT2D eigenvalue weighted by molar-refractivity contribution is 0.0193. The van der Waals surface area contributed by atoms with Crippen molar-refractivity contribution in [2.75, 3.05) is 46.4 Å². The third-order valence-electron chi connectivity index (χ3n) is 3.97. The van der Waals surface area contributed by atoms with Crippen LogP contribution in [0, 0.1) is 16.7 Å². The monoisotopic (exact) mass is 352 g/mol. The SMILES string of the molecule is CN(CC(C)(C)CN1CCOCC1)S(=O)(=O)c1cccnc1C#N. The van der Waals surface area contributed by atoms with E-state index in [1.54, 1.807) is 7.05 Å². The van der Waals surface area contributed by atoms with E-state index >= 15 is 0 Å². The maximum absolute atomic E-state index is 12.8. The Labute approximate surface area is 143 Å². The van der Waals surface area contributed by atoms with Gasteiger partial charge < -0.3 is 4.74 Å². The van der Waals surface area contributed by atoms with Crippen molar-refractivity contribution in [2.24, 2.45) is 5.41 Å². The van der Waals surface area contributed by atoms with Crippen LogP contribution in [-0.4, -0.2) is 69.0 Å². The second kappa shape index (κ2) is 7.57.